The number of benzene rings is 1. The van der Waals surface area contributed by atoms with Crippen LogP contribution in [-0.2, 0) is 0 Å². The summed E-state index contributed by atoms with van der Waals surface area (Å²) in [5, 5.41) is -0.00684. The number of alkyl halides is 1. The van der Waals surface area contributed by atoms with E-state index in [1.54, 1.807) is 0 Å². The predicted octanol–water partition coefficient (Wildman–Crippen LogP) is 3.49. The quantitative estimate of drug-likeness (QED) is 0.664. The van der Waals surface area contributed by atoms with Crippen molar-refractivity contribution in [2.45, 2.75) is 31.9 Å². The number of rotatable bonds is 1. The molecule has 0 saturated carbocycles. The average molecular weight is 213 g/mol. The molecule has 1 aliphatic heterocycles. The fourth-order valence-electron chi connectivity index (χ4n) is 1.49. The number of hydrogen-bond donors (Lipinski definition) is 0. The Labute approximate surface area is 88.8 Å². The summed E-state index contributed by atoms with van der Waals surface area (Å²) in [4.78, 5) is 0. The molecule has 14 heavy (non-hydrogen) atoms. The predicted molar refractivity (Wildman–Crippen MR) is 56.0 cm³/mol. The number of fused-ring (bicyclic) bond motifs is 1. The van der Waals surface area contributed by atoms with Crippen LogP contribution in [0.25, 0.3) is 0 Å². The highest BCUT2D eigenvalue weighted by molar-refractivity contribution is 6.20. The standard InChI is InChI=1S/C11H13ClO2/c1-7(12)8-4-5-9-10(6-8)14-11(2,3)13-9/h4-7H,1-3H3. The van der Waals surface area contributed by atoms with Gasteiger partial charge in [-0.1, -0.05) is 6.07 Å². The molecule has 1 aromatic carbocycles. The van der Waals surface area contributed by atoms with Gasteiger partial charge in [-0.2, -0.15) is 0 Å². The summed E-state index contributed by atoms with van der Waals surface area (Å²) in [6.45, 7) is 5.71. The first-order valence-electron chi connectivity index (χ1n) is 4.64. The molecular weight excluding hydrogens is 200 g/mol. The van der Waals surface area contributed by atoms with Gasteiger partial charge in [-0.25, -0.2) is 0 Å². The molecule has 0 spiro atoms. The van der Waals surface area contributed by atoms with E-state index in [4.69, 9.17) is 21.1 Å². The number of ether oxygens (including phenoxy) is 2. The van der Waals surface area contributed by atoms with Crippen LogP contribution in [0.15, 0.2) is 18.2 Å². The van der Waals surface area contributed by atoms with E-state index in [1.807, 2.05) is 39.0 Å². The minimum absolute atomic E-state index is 0.00684. The maximum Gasteiger partial charge on any atom is 0.246 e. The van der Waals surface area contributed by atoms with Crippen LogP contribution in [0, 0.1) is 0 Å². The van der Waals surface area contributed by atoms with Crippen molar-refractivity contribution in [3.05, 3.63) is 23.8 Å². The summed E-state index contributed by atoms with van der Waals surface area (Å²) in [5.41, 5.74) is 1.05. The smallest absolute Gasteiger partial charge is 0.246 e. The molecule has 0 N–H and O–H groups in total. The van der Waals surface area contributed by atoms with Crippen LogP contribution in [0.3, 0.4) is 0 Å². The normalized spacial score (nSPS) is 19.4. The molecule has 1 aliphatic rings. The molecule has 0 aliphatic carbocycles. The Morgan fingerprint density at radius 3 is 2.50 bits per heavy atom. The van der Waals surface area contributed by atoms with Gasteiger partial charge in [-0.3, -0.25) is 0 Å². The highest BCUT2D eigenvalue weighted by atomic mass is 35.5. The highest BCUT2D eigenvalue weighted by Crippen LogP contribution is 2.40. The van der Waals surface area contributed by atoms with Gasteiger partial charge in [-0.05, 0) is 24.6 Å². The lowest BCUT2D eigenvalue weighted by atomic mass is 10.1. The van der Waals surface area contributed by atoms with Gasteiger partial charge in [-0.15, -0.1) is 11.6 Å². The maximum atomic E-state index is 5.98. The minimum atomic E-state index is -0.559. The lowest BCUT2D eigenvalue weighted by Crippen LogP contribution is -2.29. The molecule has 1 aromatic rings. The Morgan fingerprint density at radius 1 is 1.21 bits per heavy atom. The van der Waals surface area contributed by atoms with Crippen LogP contribution in [-0.4, -0.2) is 5.79 Å². The summed E-state index contributed by atoms with van der Waals surface area (Å²) in [7, 11) is 0. The summed E-state index contributed by atoms with van der Waals surface area (Å²) in [5.74, 6) is 1.01. The first kappa shape index (κ1) is 9.66. The number of hydrogen-bond acceptors (Lipinski definition) is 2. The molecule has 0 radical (unpaired) electrons. The highest BCUT2D eigenvalue weighted by Gasteiger charge is 2.31. The van der Waals surface area contributed by atoms with Gasteiger partial charge in [0.25, 0.3) is 0 Å². The molecule has 2 nitrogen and oxygen atoms in total. The lowest BCUT2D eigenvalue weighted by molar-refractivity contribution is -0.0431. The van der Waals surface area contributed by atoms with E-state index in [2.05, 4.69) is 0 Å². The van der Waals surface area contributed by atoms with Crippen LogP contribution in [0.2, 0.25) is 0 Å². The Balaban J connectivity index is 2.36. The largest absolute Gasteiger partial charge is 0.449 e. The van der Waals surface area contributed by atoms with Crippen molar-refractivity contribution in [2.75, 3.05) is 0 Å². The van der Waals surface area contributed by atoms with Crippen LogP contribution in [0.1, 0.15) is 31.7 Å². The average Bonchev–Trinajstić information content (AvgIpc) is 2.36. The third kappa shape index (κ3) is 1.67. The zero-order valence-electron chi connectivity index (χ0n) is 8.50. The molecule has 2 rings (SSSR count). The summed E-state index contributed by atoms with van der Waals surface area (Å²) in [6.07, 6.45) is 0. The summed E-state index contributed by atoms with van der Waals surface area (Å²) >= 11 is 5.98. The Kier molecular flexibility index (Phi) is 2.11. The van der Waals surface area contributed by atoms with Gasteiger partial charge in [0.1, 0.15) is 0 Å². The van der Waals surface area contributed by atoms with Crippen LogP contribution >= 0.6 is 11.6 Å². The molecule has 0 amide bonds. The summed E-state index contributed by atoms with van der Waals surface area (Å²) < 4.78 is 11.2. The second kappa shape index (κ2) is 3.06. The van der Waals surface area contributed by atoms with Gasteiger partial charge in [0.15, 0.2) is 11.5 Å². The van der Waals surface area contributed by atoms with Crippen molar-refractivity contribution >= 4 is 11.6 Å². The topological polar surface area (TPSA) is 18.5 Å². The van der Waals surface area contributed by atoms with Gasteiger partial charge in [0, 0.05) is 13.8 Å². The molecule has 1 heterocycles. The molecule has 76 valence electrons. The van der Waals surface area contributed by atoms with E-state index in [1.165, 1.54) is 0 Å². The molecule has 3 heteroatoms. The van der Waals surface area contributed by atoms with Crippen LogP contribution in [0.4, 0.5) is 0 Å². The molecule has 0 bridgehead atoms. The van der Waals surface area contributed by atoms with Crippen molar-refractivity contribution in [3.63, 3.8) is 0 Å². The zero-order valence-corrected chi connectivity index (χ0v) is 9.26. The van der Waals surface area contributed by atoms with E-state index in [0.29, 0.717) is 0 Å². The molecule has 0 aromatic heterocycles. The molecule has 0 saturated heterocycles. The number of halogens is 1. The van der Waals surface area contributed by atoms with Crippen molar-refractivity contribution in [1.82, 2.24) is 0 Å². The van der Waals surface area contributed by atoms with Gasteiger partial charge >= 0.3 is 0 Å². The molecule has 1 unspecified atom stereocenters. The maximum absolute atomic E-state index is 5.98. The molecular formula is C11H13ClO2. The van der Waals surface area contributed by atoms with E-state index >= 15 is 0 Å². The van der Waals surface area contributed by atoms with Crippen molar-refractivity contribution < 1.29 is 9.47 Å². The van der Waals surface area contributed by atoms with Crippen molar-refractivity contribution in [3.8, 4) is 11.5 Å². The summed E-state index contributed by atoms with van der Waals surface area (Å²) in [6, 6.07) is 5.79. The minimum Gasteiger partial charge on any atom is -0.449 e. The second-order valence-corrected chi connectivity index (χ2v) is 4.58. The SMILES string of the molecule is CC(Cl)c1ccc2c(c1)OC(C)(C)O2. The van der Waals surface area contributed by atoms with Crippen molar-refractivity contribution in [1.29, 1.82) is 0 Å². The monoisotopic (exact) mass is 212 g/mol. The van der Waals surface area contributed by atoms with Gasteiger partial charge in [0.05, 0.1) is 5.38 Å². The third-order valence-corrected chi connectivity index (χ3v) is 2.39. The molecule has 0 fully saturated rings. The van der Waals surface area contributed by atoms with E-state index in [0.717, 1.165) is 17.1 Å². The first-order valence-corrected chi connectivity index (χ1v) is 5.08. The lowest BCUT2D eigenvalue weighted by Gasteiger charge is -2.16. The van der Waals surface area contributed by atoms with E-state index in [-0.39, 0.29) is 5.38 Å². The Morgan fingerprint density at radius 2 is 1.86 bits per heavy atom. The van der Waals surface area contributed by atoms with Crippen LogP contribution in [0.5, 0.6) is 11.5 Å². The van der Waals surface area contributed by atoms with Gasteiger partial charge < -0.3 is 9.47 Å². The zero-order chi connectivity index (χ0) is 10.3. The second-order valence-electron chi connectivity index (χ2n) is 3.93. The fourth-order valence-corrected chi connectivity index (χ4v) is 1.62. The first-order chi connectivity index (χ1) is 6.48. The fraction of sp³-hybridized carbons (Fsp3) is 0.455. The van der Waals surface area contributed by atoms with E-state index in [9.17, 15) is 0 Å². The Hall–Kier alpha value is -0.890. The van der Waals surface area contributed by atoms with Crippen LogP contribution < -0.4 is 9.47 Å². The van der Waals surface area contributed by atoms with Gasteiger partial charge in [0.2, 0.25) is 5.79 Å². The van der Waals surface area contributed by atoms with E-state index < -0.39 is 5.79 Å². The molecule has 1 atom stereocenters. The Bertz CT molecular complexity index is 358. The third-order valence-electron chi connectivity index (χ3n) is 2.14. The van der Waals surface area contributed by atoms with Crippen molar-refractivity contribution in [2.24, 2.45) is 0 Å².